The van der Waals surface area contributed by atoms with E-state index in [4.69, 9.17) is 5.11 Å². The van der Waals surface area contributed by atoms with Crippen LogP contribution in [-0.4, -0.2) is 29.7 Å². The van der Waals surface area contributed by atoms with E-state index in [0.29, 0.717) is 6.42 Å². The highest BCUT2D eigenvalue weighted by atomic mass is 16.5. The monoisotopic (exact) mass is 185 g/mol. The highest BCUT2D eigenvalue weighted by Crippen LogP contribution is 2.22. The summed E-state index contributed by atoms with van der Waals surface area (Å²) >= 11 is 0. The zero-order valence-corrected chi connectivity index (χ0v) is 7.24. The highest BCUT2D eigenvalue weighted by molar-refractivity contribution is 6.04. The molecule has 5 nitrogen and oxygen atoms in total. The van der Waals surface area contributed by atoms with Crippen molar-refractivity contribution >= 4 is 11.9 Å². The first-order chi connectivity index (χ1) is 6.13. The SMILES string of the molecule is COC(=O)C1(C(=O)O)CC[CH][CH]N1. The third-order valence-corrected chi connectivity index (χ3v) is 2.03. The van der Waals surface area contributed by atoms with Crippen molar-refractivity contribution in [3.05, 3.63) is 13.0 Å². The molecule has 0 saturated carbocycles. The van der Waals surface area contributed by atoms with E-state index in [1.165, 1.54) is 13.7 Å². The van der Waals surface area contributed by atoms with Gasteiger partial charge in [0.15, 0.2) is 0 Å². The van der Waals surface area contributed by atoms with Crippen molar-refractivity contribution in [2.24, 2.45) is 0 Å². The van der Waals surface area contributed by atoms with Crippen molar-refractivity contribution in [1.29, 1.82) is 0 Å². The number of aliphatic carboxylic acids is 1. The summed E-state index contributed by atoms with van der Waals surface area (Å²) in [6.07, 6.45) is 2.53. The minimum atomic E-state index is -1.59. The van der Waals surface area contributed by atoms with Crippen LogP contribution >= 0.6 is 0 Å². The standard InChI is InChI=1S/C8H11NO4/c1-13-7(12)8(6(10)11)4-2-3-5-9-8/h3,5,9H,2,4H2,1H3,(H,10,11). The minimum Gasteiger partial charge on any atom is -0.479 e. The van der Waals surface area contributed by atoms with E-state index in [-0.39, 0.29) is 6.42 Å². The maximum atomic E-state index is 11.2. The van der Waals surface area contributed by atoms with Crippen LogP contribution in [0.4, 0.5) is 0 Å². The average molecular weight is 185 g/mol. The molecular weight excluding hydrogens is 174 g/mol. The number of hydrogen-bond donors (Lipinski definition) is 2. The Balaban J connectivity index is 2.85. The number of esters is 1. The van der Waals surface area contributed by atoms with Gasteiger partial charge in [0.2, 0.25) is 5.54 Å². The molecule has 1 aliphatic heterocycles. The molecule has 13 heavy (non-hydrogen) atoms. The summed E-state index contributed by atoms with van der Waals surface area (Å²) < 4.78 is 4.44. The fraction of sp³-hybridized carbons (Fsp3) is 0.500. The first-order valence-corrected chi connectivity index (χ1v) is 3.88. The predicted molar refractivity (Wildman–Crippen MR) is 43.4 cm³/mol. The molecule has 1 atom stereocenters. The lowest BCUT2D eigenvalue weighted by Crippen LogP contribution is -2.59. The van der Waals surface area contributed by atoms with Gasteiger partial charge in [0.25, 0.3) is 0 Å². The molecule has 0 aromatic rings. The molecule has 1 fully saturated rings. The highest BCUT2D eigenvalue weighted by Gasteiger charge is 2.48. The summed E-state index contributed by atoms with van der Waals surface area (Å²) in [7, 11) is 1.17. The number of nitrogens with one attached hydrogen (secondary N) is 1. The fourth-order valence-electron chi connectivity index (χ4n) is 1.25. The van der Waals surface area contributed by atoms with Gasteiger partial charge in [-0.15, -0.1) is 0 Å². The maximum Gasteiger partial charge on any atom is 0.337 e. The van der Waals surface area contributed by atoms with Crippen molar-refractivity contribution in [3.63, 3.8) is 0 Å². The summed E-state index contributed by atoms with van der Waals surface area (Å²) in [4.78, 5) is 22.1. The molecule has 1 unspecified atom stereocenters. The zero-order valence-electron chi connectivity index (χ0n) is 7.24. The van der Waals surface area contributed by atoms with Crippen LogP contribution in [0.25, 0.3) is 0 Å². The molecule has 0 amide bonds. The van der Waals surface area contributed by atoms with Crippen LogP contribution in [0.1, 0.15) is 12.8 Å². The second kappa shape index (κ2) is 3.74. The Morgan fingerprint density at radius 1 is 1.62 bits per heavy atom. The number of carbonyl (C=O) groups is 2. The molecule has 2 N–H and O–H groups in total. The first-order valence-electron chi connectivity index (χ1n) is 3.88. The van der Waals surface area contributed by atoms with Crippen molar-refractivity contribution in [1.82, 2.24) is 5.32 Å². The van der Waals surface area contributed by atoms with Crippen molar-refractivity contribution in [2.75, 3.05) is 7.11 Å². The van der Waals surface area contributed by atoms with Gasteiger partial charge in [0, 0.05) is 6.54 Å². The normalized spacial score (nSPS) is 28.1. The van der Waals surface area contributed by atoms with Gasteiger partial charge in [-0.25, -0.2) is 9.59 Å². The van der Waals surface area contributed by atoms with Crippen LogP contribution in [0.5, 0.6) is 0 Å². The van der Waals surface area contributed by atoms with Gasteiger partial charge in [0.05, 0.1) is 7.11 Å². The second-order valence-electron chi connectivity index (χ2n) is 2.79. The number of carboxylic acid groups (broad SMARTS) is 1. The van der Waals surface area contributed by atoms with Crippen molar-refractivity contribution in [2.45, 2.75) is 18.4 Å². The molecule has 5 heteroatoms. The van der Waals surface area contributed by atoms with Crippen LogP contribution in [0, 0.1) is 13.0 Å². The van der Waals surface area contributed by atoms with Gasteiger partial charge in [-0.1, -0.05) is 0 Å². The Labute approximate surface area is 76.1 Å². The first kappa shape index (κ1) is 9.98. The van der Waals surface area contributed by atoms with Gasteiger partial charge in [0.1, 0.15) is 0 Å². The Kier molecular flexibility index (Phi) is 2.87. The molecule has 1 saturated heterocycles. The summed E-state index contributed by atoms with van der Waals surface area (Å²) in [6.45, 7) is 1.47. The number of ether oxygens (including phenoxy) is 1. The van der Waals surface area contributed by atoms with E-state index < -0.39 is 17.5 Å². The summed E-state index contributed by atoms with van der Waals surface area (Å²) in [5, 5.41) is 11.4. The Hall–Kier alpha value is -1.10. The molecule has 1 aliphatic rings. The molecule has 0 spiro atoms. The van der Waals surface area contributed by atoms with Crippen LogP contribution in [0.15, 0.2) is 0 Å². The molecule has 2 radical (unpaired) electrons. The summed E-state index contributed by atoms with van der Waals surface area (Å²) in [5.74, 6) is -1.96. The fourth-order valence-corrected chi connectivity index (χ4v) is 1.25. The largest absolute Gasteiger partial charge is 0.479 e. The van der Waals surface area contributed by atoms with Crippen LogP contribution < -0.4 is 5.32 Å². The molecule has 0 bridgehead atoms. The molecule has 72 valence electrons. The van der Waals surface area contributed by atoms with E-state index >= 15 is 0 Å². The third-order valence-electron chi connectivity index (χ3n) is 2.03. The molecule has 0 aromatic carbocycles. The van der Waals surface area contributed by atoms with Gasteiger partial charge in [-0.3, -0.25) is 5.32 Å². The van der Waals surface area contributed by atoms with Gasteiger partial charge < -0.3 is 9.84 Å². The molecule has 1 heterocycles. The quantitative estimate of drug-likeness (QED) is 0.457. The molecule has 0 aliphatic carbocycles. The van der Waals surface area contributed by atoms with Crippen LogP contribution in [-0.2, 0) is 14.3 Å². The second-order valence-corrected chi connectivity index (χ2v) is 2.79. The number of methoxy groups -OCH3 is 1. The van der Waals surface area contributed by atoms with Crippen LogP contribution in [0.2, 0.25) is 0 Å². The third kappa shape index (κ3) is 1.65. The molecule has 0 aromatic heterocycles. The number of rotatable bonds is 2. The number of carboxylic acids is 1. The lowest BCUT2D eigenvalue weighted by molar-refractivity contribution is -0.161. The number of carbonyl (C=O) groups excluding carboxylic acids is 1. The lowest BCUT2D eigenvalue weighted by Gasteiger charge is -2.30. The van der Waals surface area contributed by atoms with Gasteiger partial charge in [-0.05, 0) is 19.3 Å². The Morgan fingerprint density at radius 3 is 2.69 bits per heavy atom. The van der Waals surface area contributed by atoms with Crippen LogP contribution in [0.3, 0.4) is 0 Å². The molecule has 1 rings (SSSR count). The van der Waals surface area contributed by atoms with Crippen molar-refractivity contribution in [3.8, 4) is 0 Å². The van der Waals surface area contributed by atoms with E-state index in [2.05, 4.69) is 10.1 Å². The zero-order chi connectivity index (χ0) is 9.90. The van der Waals surface area contributed by atoms with Gasteiger partial charge in [-0.2, -0.15) is 0 Å². The Morgan fingerprint density at radius 2 is 2.31 bits per heavy atom. The smallest absolute Gasteiger partial charge is 0.337 e. The molecular formula is C8H11NO4. The summed E-state index contributed by atoms with van der Waals surface area (Å²) in [5.41, 5.74) is -1.59. The van der Waals surface area contributed by atoms with E-state index in [0.717, 1.165) is 0 Å². The van der Waals surface area contributed by atoms with E-state index in [1.54, 1.807) is 6.42 Å². The van der Waals surface area contributed by atoms with Gasteiger partial charge >= 0.3 is 11.9 Å². The lowest BCUT2D eigenvalue weighted by atomic mass is 9.89. The van der Waals surface area contributed by atoms with E-state index in [9.17, 15) is 9.59 Å². The van der Waals surface area contributed by atoms with Crippen molar-refractivity contribution < 1.29 is 19.4 Å². The average Bonchev–Trinajstić information content (AvgIpc) is 2.17. The number of hydrogen-bond acceptors (Lipinski definition) is 4. The topological polar surface area (TPSA) is 75.6 Å². The maximum absolute atomic E-state index is 11.2. The summed E-state index contributed by atoms with van der Waals surface area (Å²) in [6, 6.07) is 0. The minimum absolute atomic E-state index is 0.214. The number of piperidine rings is 1. The van der Waals surface area contributed by atoms with E-state index in [1.807, 2.05) is 0 Å². The Bertz CT molecular complexity index is 220. The predicted octanol–water partition coefficient (Wildman–Crippen LogP) is -0.268.